The highest BCUT2D eigenvalue weighted by molar-refractivity contribution is 5.89. The number of benzene rings is 1. The molecule has 3 rings (SSSR count). The molecule has 8 nitrogen and oxygen atoms in total. The molecule has 0 atom stereocenters. The number of aromatic nitrogens is 2. The van der Waals surface area contributed by atoms with Crippen molar-refractivity contribution in [3.05, 3.63) is 30.2 Å². The van der Waals surface area contributed by atoms with Crippen molar-refractivity contribution in [3.63, 3.8) is 0 Å². The minimum atomic E-state index is -0.322. The van der Waals surface area contributed by atoms with E-state index in [1.807, 2.05) is 43.3 Å². The number of hydrogen-bond acceptors (Lipinski definition) is 7. The number of piperazine rings is 1. The third-order valence-corrected chi connectivity index (χ3v) is 4.79. The van der Waals surface area contributed by atoms with Gasteiger partial charge in [-0.05, 0) is 44.3 Å². The predicted octanol–water partition coefficient (Wildman–Crippen LogP) is 1.17. The lowest BCUT2D eigenvalue weighted by atomic mass is 10.2. The third kappa shape index (κ3) is 5.27. The van der Waals surface area contributed by atoms with E-state index in [9.17, 15) is 4.79 Å². The Morgan fingerprint density at radius 3 is 2.56 bits per heavy atom. The first-order chi connectivity index (χ1) is 13.0. The van der Waals surface area contributed by atoms with Crippen LogP contribution in [-0.4, -0.2) is 86.3 Å². The van der Waals surface area contributed by atoms with Crippen LogP contribution in [0.15, 0.2) is 28.8 Å². The molecule has 1 N–H and O–H groups in total. The molecule has 146 valence electrons. The first-order valence-corrected chi connectivity index (χ1v) is 9.33. The van der Waals surface area contributed by atoms with E-state index in [0.29, 0.717) is 12.4 Å². The van der Waals surface area contributed by atoms with Gasteiger partial charge in [0, 0.05) is 58.1 Å². The summed E-state index contributed by atoms with van der Waals surface area (Å²) in [6.45, 7) is 5.97. The standard InChI is InChI=1S/C19H28N6O2/c1-23(2)16-7-5-15(6-8-16)17-21-19(27-22-17)18(26)20-9-4-10-25-13-11-24(3)12-14-25/h5-8H,4,9-14H2,1-3H3,(H,20,26). The number of anilines is 1. The zero-order valence-corrected chi connectivity index (χ0v) is 16.3. The summed E-state index contributed by atoms with van der Waals surface area (Å²) in [5.74, 6) is 0.0983. The van der Waals surface area contributed by atoms with Crippen molar-refractivity contribution in [2.24, 2.45) is 0 Å². The van der Waals surface area contributed by atoms with Gasteiger partial charge in [0.2, 0.25) is 5.82 Å². The number of carbonyl (C=O) groups is 1. The summed E-state index contributed by atoms with van der Waals surface area (Å²) in [7, 11) is 6.11. The Labute approximate surface area is 160 Å². The van der Waals surface area contributed by atoms with Gasteiger partial charge in [-0.3, -0.25) is 4.79 Å². The summed E-state index contributed by atoms with van der Waals surface area (Å²) in [4.78, 5) is 23.2. The lowest BCUT2D eigenvalue weighted by Crippen LogP contribution is -2.45. The van der Waals surface area contributed by atoms with Crippen LogP contribution in [0.2, 0.25) is 0 Å². The zero-order chi connectivity index (χ0) is 19.2. The van der Waals surface area contributed by atoms with Crippen LogP contribution < -0.4 is 10.2 Å². The Morgan fingerprint density at radius 1 is 1.19 bits per heavy atom. The fourth-order valence-corrected chi connectivity index (χ4v) is 2.99. The van der Waals surface area contributed by atoms with Gasteiger partial charge in [0.05, 0.1) is 0 Å². The van der Waals surface area contributed by atoms with Crippen LogP contribution in [0.25, 0.3) is 11.4 Å². The molecule has 2 heterocycles. The summed E-state index contributed by atoms with van der Waals surface area (Å²) >= 11 is 0. The van der Waals surface area contributed by atoms with Crippen LogP contribution in [0.5, 0.6) is 0 Å². The Kier molecular flexibility index (Phi) is 6.41. The lowest BCUT2D eigenvalue weighted by molar-refractivity contribution is 0.0906. The van der Waals surface area contributed by atoms with Gasteiger partial charge in [0.25, 0.3) is 0 Å². The largest absolute Gasteiger partial charge is 0.378 e. The second-order valence-corrected chi connectivity index (χ2v) is 7.12. The molecule has 1 fully saturated rings. The summed E-state index contributed by atoms with van der Waals surface area (Å²) in [5.41, 5.74) is 1.90. The third-order valence-electron chi connectivity index (χ3n) is 4.79. The average Bonchev–Trinajstić information content (AvgIpc) is 3.17. The Hall–Kier alpha value is -2.45. The number of amides is 1. The monoisotopic (exact) mass is 372 g/mol. The average molecular weight is 372 g/mol. The highest BCUT2D eigenvalue weighted by Gasteiger charge is 2.17. The normalized spacial score (nSPS) is 15.7. The minimum Gasteiger partial charge on any atom is -0.378 e. The van der Waals surface area contributed by atoms with Crippen molar-refractivity contribution in [3.8, 4) is 11.4 Å². The zero-order valence-electron chi connectivity index (χ0n) is 16.3. The van der Waals surface area contributed by atoms with Gasteiger partial charge in [0.15, 0.2) is 0 Å². The summed E-state index contributed by atoms with van der Waals surface area (Å²) in [5, 5.41) is 6.77. The summed E-state index contributed by atoms with van der Waals surface area (Å²) < 4.78 is 5.12. The summed E-state index contributed by atoms with van der Waals surface area (Å²) in [6, 6.07) is 7.78. The van der Waals surface area contributed by atoms with Gasteiger partial charge in [-0.1, -0.05) is 5.16 Å². The van der Waals surface area contributed by atoms with Gasteiger partial charge in [-0.2, -0.15) is 4.98 Å². The van der Waals surface area contributed by atoms with Gasteiger partial charge >= 0.3 is 11.8 Å². The second-order valence-electron chi connectivity index (χ2n) is 7.12. The van der Waals surface area contributed by atoms with Crippen LogP contribution in [0, 0.1) is 0 Å². The van der Waals surface area contributed by atoms with Crippen molar-refractivity contribution in [2.75, 3.05) is 65.3 Å². The Balaban J connectivity index is 1.45. The maximum absolute atomic E-state index is 12.2. The number of likely N-dealkylation sites (N-methyl/N-ethyl adjacent to an activating group) is 1. The van der Waals surface area contributed by atoms with E-state index < -0.39 is 0 Å². The van der Waals surface area contributed by atoms with Gasteiger partial charge < -0.3 is 24.5 Å². The summed E-state index contributed by atoms with van der Waals surface area (Å²) in [6.07, 6.45) is 0.905. The van der Waals surface area contributed by atoms with E-state index in [4.69, 9.17) is 4.52 Å². The Morgan fingerprint density at radius 2 is 1.89 bits per heavy atom. The molecule has 0 bridgehead atoms. The van der Waals surface area contributed by atoms with E-state index in [-0.39, 0.29) is 11.8 Å². The molecule has 8 heteroatoms. The van der Waals surface area contributed by atoms with E-state index in [0.717, 1.165) is 50.4 Å². The number of carbonyl (C=O) groups excluding carboxylic acids is 1. The number of rotatable bonds is 7. The maximum Gasteiger partial charge on any atom is 0.316 e. The van der Waals surface area contributed by atoms with Crippen LogP contribution in [0.3, 0.4) is 0 Å². The first kappa shape index (κ1) is 19.3. The molecule has 0 spiro atoms. The van der Waals surface area contributed by atoms with Crippen LogP contribution in [-0.2, 0) is 0 Å². The Bertz CT molecular complexity index is 735. The molecule has 1 aliphatic heterocycles. The molecule has 0 saturated carbocycles. The van der Waals surface area contributed by atoms with Crippen LogP contribution in [0.4, 0.5) is 5.69 Å². The topological polar surface area (TPSA) is 77.7 Å². The molecule has 1 saturated heterocycles. The quantitative estimate of drug-likeness (QED) is 0.731. The molecule has 1 aromatic carbocycles. The SMILES string of the molecule is CN1CCN(CCCNC(=O)c2nc(-c3ccc(N(C)C)cc3)no2)CC1. The second kappa shape index (κ2) is 8.96. The molecule has 1 amide bonds. The highest BCUT2D eigenvalue weighted by atomic mass is 16.5. The fraction of sp³-hybridized carbons (Fsp3) is 0.526. The van der Waals surface area contributed by atoms with E-state index in [1.165, 1.54) is 0 Å². The number of nitrogens with zero attached hydrogens (tertiary/aromatic N) is 5. The van der Waals surface area contributed by atoms with E-state index in [1.54, 1.807) is 0 Å². The van der Waals surface area contributed by atoms with Gasteiger partial charge in [-0.25, -0.2) is 0 Å². The molecule has 0 radical (unpaired) electrons. The minimum absolute atomic E-state index is 0.00119. The van der Waals surface area contributed by atoms with E-state index in [2.05, 4.69) is 32.3 Å². The van der Waals surface area contributed by atoms with Gasteiger partial charge in [0.1, 0.15) is 0 Å². The highest BCUT2D eigenvalue weighted by Crippen LogP contribution is 2.19. The molecule has 0 unspecified atom stereocenters. The van der Waals surface area contributed by atoms with E-state index >= 15 is 0 Å². The fourth-order valence-electron chi connectivity index (χ4n) is 2.99. The van der Waals surface area contributed by atoms with Crippen molar-refractivity contribution in [1.29, 1.82) is 0 Å². The van der Waals surface area contributed by atoms with Crippen molar-refractivity contribution in [1.82, 2.24) is 25.3 Å². The van der Waals surface area contributed by atoms with Crippen LogP contribution in [0.1, 0.15) is 17.1 Å². The molecular weight excluding hydrogens is 344 g/mol. The van der Waals surface area contributed by atoms with Crippen molar-refractivity contribution < 1.29 is 9.32 Å². The molecule has 1 aromatic heterocycles. The molecular formula is C19H28N6O2. The van der Waals surface area contributed by atoms with Gasteiger partial charge in [-0.15, -0.1) is 0 Å². The van der Waals surface area contributed by atoms with Crippen molar-refractivity contribution in [2.45, 2.75) is 6.42 Å². The van der Waals surface area contributed by atoms with Crippen LogP contribution >= 0.6 is 0 Å². The smallest absolute Gasteiger partial charge is 0.316 e. The first-order valence-electron chi connectivity index (χ1n) is 9.33. The maximum atomic E-state index is 12.2. The molecule has 0 aliphatic carbocycles. The molecule has 27 heavy (non-hydrogen) atoms. The predicted molar refractivity (Wildman–Crippen MR) is 105 cm³/mol. The number of hydrogen-bond donors (Lipinski definition) is 1. The molecule has 1 aliphatic rings. The number of nitrogens with one attached hydrogen (secondary N) is 1. The van der Waals surface area contributed by atoms with Crippen molar-refractivity contribution >= 4 is 11.6 Å². The molecule has 2 aromatic rings. The lowest BCUT2D eigenvalue weighted by Gasteiger charge is -2.32.